The van der Waals surface area contributed by atoms with Gasteiger partial charge in [-0.05, 0) is 12.8 Å². The lowest BCUT2D eigenvalue weighted by molar-refractivity contribution is 0.582. The van der Waals surface area contributed by atoms with E-state index in [2.05, 4.69) is 9.36 Å². The van der Waals surface area contributed by atoms with Gasteiger partial charge in [-0.2, -0.15) is 0 Å². The van der Waals surface area contributed by atoms with Gasteiger partial charge in [0.15, 0.2) is 0 Å². The number of guanidine groups is 1. The lowest BCUT2D eigenvalue weighted by atomic mass is 10.3. The van der Waals surface area contributed by atoms with E-state index in [1.54, 1.807) is 11.4 Å². The molecule has 0 spiro atoms. The van der Waals surface area contributed by atoms with E-state index in [0.717, 1.165) is 12.8 Å². The van der Waals surface area contributed by atoms with Gasteiger partial charge in [0.2, 0.25) is 5.96 Å². The Morgan fingerprint density at radius 3 is 3.08 bits per heavy atom. The molecule has 2 N–H and O–H groups in total. The van der Waals surface area contributed by atoms with Crippen molar-refractivity contribution in [3.8, 4) is 0 Å². The van der Waals surface area contributed by atoms with E-state index in [1.165, 1.54) is 0 Å². The molecule has 6 heteroatoms. The number of hydrogen-bond donors (Lipinski definition) is 2. The molecule has 0 radical (unpaired) electrons. The Balaban J connectivity index is 2.80. The standard InChI is InChI=1S/C6H14N4OS/c1-8-6(7)10-5-3-2-4-9-12(10)11/h12H,2-5H2,1H3,(H2,7,8). The van der Waals surface area contributed by atoms with Gasteiger partial charge in [-0.1, -0.05) is 0 Å². The van der Waals surface area contributed by atoms with Crippen LogP contribution in [-0.2, 0) is 10.8 Å². The molecule has 1 rings (SSSR count). The van der Waals surface area contributed by atoms with E-state index in [1.807, 2.05) is 0 Å². The maximum Gasteiger partial charge on any atom is 0.203 e. The summed E-state index contributed by atoms with van der Waals surface area (Å²) in [6.07, 6.45) is 1.95. The van der Waals surface area contributed by atoms with Crippen molar-refractivity contribution in [2.24, 2.45) is 15.1 Å². The highest BCUT2D eigenvalue weighted by atomic mass is 32.2. The Hall–Kier alpha value is -0.780. The van der Waals surface area contributed by atoms with Crippen LogP contribution in [0.15, 0.2) is 9.36 Å². The van der Waals surface area contributed by atoms with Crippen LogP contribution in [0, 0.1) is 0 Å². The van der Waals surface area contributed by atoms with Crippen molar-refractivity contribution in [3.63, 3.8) is 0 Å². The maximum absolute atomic E-state index is 11.4. The molecule has 1 aliphatic heterocycles. The van der Waals surface area contributed by atoms with Gasteiger partial charge in [0.25, 0.3) is 0 Å². The van der Waals surface area contributed by atoms with Crippen LogP contribution in [0.1, 0.15) is 12.8 Å². The molecule has 1 heterocycles. The number of aliphatic imine (C=N–C) groups is 1. The molecule has 0 fully saturated rings. The number of rotatable bonds is 0. The van der Waals surface area contributed by atoms with Gasteiger partial charge >= 0.3 is 0 Å². The van der Waals surface area contributed by atoms with Crippen LogP contribution in [0.3, 0.4) is 0 Å². The topological polar surface area (TPSA) is 71.0 Å². The van der Waals surface area contributed by atoms with E-state index in [0.29, 0.717) is 19.0 Å². The fourth-order valence-electron chi connectivity index (χ4n) is 1.01. The van der Waals surface area contributed by atoms with Gasteiger partial charge in [-0.15, -0.1) is 0 Å². The van der Waals surface area contributed by atoms with Crippen molar-refractivity contribution in [2.75, 3.05) is 20.1 Å². The summed E-state index contributed by atoms with van der Waals surface area (Å²) in [5.74, 6) is 0.321. The summed E-state index contributed by atoms with van der Waals surface area (Å²) in [4.78, 5) is 3.78. The van der Waals surface area contributed by atoms with Gasteiger partial charge in [0.1, 0.15) is 10.8 Å². The zero-order valence-electron chi connectivity index (χ0n) is 7.10. The number of nitrogens with zero attached hydrogens (tertiary/aromatic N) is 3. The zero-order chi connectivity index (χ0) is 8.97. The van der Waals surface area contributed by atoms with Crippen LogP contribution in [0.5, 0.6) is 0 Å². The summed E-state index contributed by atoms with van der Waals surface area (Å²) in [6, 6.07) is 0. The Kier molecular flexibility index (Phi) is 3.33. The summed E-state index contributed by atoms with van der Waals surface area (Å²) < 4.78 is 16.9. The summed E-state index contributed by atoms with van der Waals surface area (Å²) in [6.45, 7) is 1.37. The smallest absolute Gasteiger partial charge is 0.203 e. The fraction of sp³-hybridized carbons (Fsp3) is 0.833. The van der Waals surface area contributed by atoms with Gasteiger partial charge < -0.3 is 5.73 Å². The molecule has 0 bridgehead atoms. The normalized spacial score (nSPS) is 26.2. The second kappa shape index (κ2) is 4.30. The second-order valence-corrected chi connectivity index (χ2v) is 3.80. The van der Waals surface area contributed by atoms with E-state index in [9.17, 15) is 4.21 Å². The minimum Gasteiger partial charge on any atom is -0.369 e. The lowest BCUT2D eigenvalue weighted by Gasteiger charge is -2.15. The van der Waals surface area contributed by atoms with Crippen molar-refractivity contribution < 1.29 is 4.21 Å². The van der Waals surface area contributed by atoms with Crippen molar-refractivity contribution in [3.05, 3.63) is 0 Å². The van der Waals surface area contributed by atoms with E-state index >= 15 is 0 Å². The van der Waals surface area contributed by atoms with E-state index < -0.39 is 10.8 Å². The third kappa shape index (κ3) is 2.10. The van der Waals surface area contributed by atoms with Gasteiger partial charge in [0.05, 0.1) is 0 Å². The highest BCUT2D eigenvalue weighted by Crippen LogP contribution is 2.02. The predicted molar refractivity (Wildman–Crippen MR) is 50.3 cm³/mol. The van der Waals surface area contributed by atoms with Crippen molar-refractivity contribution in [2.45, 2.75) is 12.8 Å². The minimum atomic E-state index is -1.67. The Morgan fingerprint density at radius 1 is 1.67 bits per heavy atom. The van der Waals surface area contributed by atoms with Gasteiger partial charge in [0, 0.05) is 20.1 Å². The minimum absolute atomic E-state index is 0.321. The number of thiol groups is 1. The first-order valence-electron chi connectivity index (χ1n) is 3.90. The van der Waals surface area contributed by atoms with Crippen molar-refractivity contribution in [1.29, 1.82) is 0 Å². The second-order valence-electron chi connectivity index (χ2n) is 2.53. The summed E-state index contributed by atoms with van der Waals surface area (Å²) in [5, 5.41) is 0. The van der Waals surface area contributed by atoms with Crippen molar-refractivity contribution in [1.82, 2.24) is 4.31 Å². The highest BCUT2D eigenvalue weighted by Gasteiger charge is 2.10. The summed E-state index contributed by atoms with van der Waals surface area (Å²) >= 11 is 0. The van der Waals surface area contributed by atoms with Crippen molar-refractivity contribution >= 4 is 16.7 Å². The average molecular weight is 190 g/mol. The molecule has 0 aromatic carbocycles. The third-order valence-corrected chi connectivity index (χ3v) is 2.96. The Morgan fingerprint density at radius 2 is 2.42 bits per heavy atom. The first-order chi connectivity index (χ1) is 5.75. The lowest BCUT2D eigenvalue weighted by Crippen LogP contribution is -2.36. The molecule has 0 aliphatic carbocycles. The molecule has 1 aliphatic rings. The monoisotopic (exact) mass is 190 g/mol. The first kappa shape index (κ1) is 9.31. The largest absolute Gasteiger partial charge is 0.369 e. The fourth-order valence-corrected chi connectivity index (χ4v) is 2.05. The Labute approximate surface area is 74.0 Å². The quantitative estimate of drug-likeness (QED) is 0.310. The maximum atomic E-state index is 11.4. The molecule has 12 heavy (non-hydrogen) atoms. The molecule has 0 aromatic rings. The van der Waals surface area contributed by atoms with E-state index in [4.69, 9.17) is 5.73 Å². The SMILES string of the molecule is C/N=C(/N)N1CCCCN=[SH]1=O. The summed E-state index contributed by atoms with van der Waals surface area (Å²) in [7, 11) is -0.0877. The van der Waals surface area contributed by atoms with Crippen LogP contribution in [0.25, 0.3) is 0 Å². The average Bonchev–Trinajstić information content (AvgIpc) is 2.28. The van der Waals surface area contributed by atoms with Crippen LogP contribution < -0.4 is 5.73 Å². The molecule has 1 unspecified atom stereocenters. The third-order valence-electron chi connectivity index (χ3n) is 1.70. The molecule has 0 amide bonds. The molecular formula is C6H14N4OS. The predicted octanol–water partition coefficient (Wildman–Crippen LogP) is -0.394. The van der Waals surface area contributed by atoms with Crippen LogP contribution in [0.2, 0.25) is 0 Å². The molecule has 0 aromatic heterocycles. The van der Waals surface area contributed by atoms with Crippen LogP contribution in [-0.4, -0.2) is 34.6 Å². The molecule has 70 valence electrons. The number of hydrogen-bond acceptors (Lipinski definition) is 3. The molecule has 5 nitrogen and oxygen atoms in total. The molecule has 0 saturated carbocycles. The molecule has 0 saturated heterocycles. The zero-order valence-corrected chi connectivity index (χ0v) is 8.00. The van der Waals surface area contributed by atoms with E-state index in [-0.39, 0.29) is 0 Å². The van der Waals surface area contributed by atoms with Crippen LogP contribution in [0.4, 0.5) is 0 Å². The number of nitrogens with two attached hydrogens (primary N) is 1. The van der Waals surface area contributed by atoms with Gasteiger partial charge in [-0.3, -0.25) is 9.30 Å². The first-order valence-corrected chi connectivity index (χ1v) is 5.06. The van der Waals surface area contributed by atoms with Gasteiger partial charge in [-0.25, -0.2) is 8.57 Å². The molecule has 1 atom stereocenters. The Bertz CT molecular complexity index is 256. The molecular weight excluding hydrogens is 176 g/mol. The highest BCUT2D eigenvalue weighted by molar-refractivity contribution is 7.73. The van der Waals surface area contributed by atoms with Crippen LogP contribution >= 0.6 is 0 Å². The summed E-state index contributed by atoms with van der Waals surface area (Å²) in [5.41, 5.74) is 5.54.